The number of carbonyl (C=O) groups excluding carboxylic acids is 1. The van der Waals surface area contributed by atoms with Gasteiger partial charge in [0.05, 0.1) is 6.04 Å². The van der Waals surface area contributed by atoms with Gasteiger partial charge >= 0.3 is 0 Å². The highest BCUT2D eigenvalue weighted by Crippen LogP contribution is 2.34. The molecule has 1 aliphatic rings. The fraction of sp³-hybridized carbons (Fsp3) is 0.462. The molecule has 2 atom stereocenters. The smallest absolute Gasteiger partial charge is 0.224 e. The van der Waals surface area contributed by atoms with Crippen LogP contribution in [0.2, 0.25) is 0 Å². The summed E-state index contributed by atoms with van der Waals surface area (Å²) in [5.74, 6) is -0.303. The van der Waals surface area contributed by atoms with Crippen LogP contribution < -0.4 is 5.73 Å². The van der Waals surface area contributed by atoms with Gasteiger partial charge in [0.25, 0.3) is 0 Å². The molecule has 0 aliphatic carbocycles. The second kappa shape index (κ2) is 5.36. The number of amides is 1. The first-order chi connectivity index (χ1) is 8.54. The zero-order valence-corrected chi connectivity index (χ0v) is 11.8. The largest absolute Gasteiger partial charge is 0.334 e. The number of rotatable bonds is 3. The zero-order valence-electron chi connectivity index (χ0n) is 10.2. The molecule has 2 unspecified atom stereocenters. The Hall–Kier alpha value is -0.940. The summed E-state index contributed by atoms with van der Waals surface area (Å²) in [6.45, 7) is 2.61. The molecule has 98 valence electrons. The number of nitrogens with two attached hydrogens (primary N) is 1. The lowest BCUT2D eigenvalue weighted by molar-refractivity contribution is -0.129. The number of hydrogen-bond acceptors (Lipinski definition) is 2. The first-order valence-corrected chi connectivity index (χ1v) is 6.84. The van der Waals surface area contributed by atoms with Crippen LogP contribution in [0.4, 0.5) is 4.39 Å². The van der Waals surface area contributed by atoms with E-state index in [9.17, 15) is 9.18 Å². The molecule has 1 aromatic rings. The van der Waals surface area contributed by atoms with Crippen LogP contribution in [0, 0.1) is 5.82 Å². The molecular weight excluding hydrogens is 299 g/mol. The van der Waals surface area contributed by atoms with Crippen molar-refractivity contribution >= 4 is 21.8 Å². The molecule has 3 nitrogen and oxygen atoms in total. The van der Waals surface area contributed by atoms with Crippen LogP contribution in [0.3, 0.4) is 0 Å². The predicted octanol–water partition coefficient (Wildman–Crippen LogP) is 2.60. The highest BCUT2D eigenvalue weighted by molar-refractivity contribution is 9.10. The SMILES string of the molecule is CCCN1C(=O)CC(N)C1c1cc(Br)ccc1F. The van der Waals surface area contributed by atoms with Crippen LogP contribution in [0.5, 0.6) is 0 Å². The number of likely N-dealkylation sites (tertiary alicyclic amines) is 1. The van der Waals surface area contributed by atoms with Crippen LogP contribution in [-0.4, -0.2) is 23.4 Å². The maximum absolute atomic E-state index is 13.9. The van der Waals surface area contributed by atoms with Crippen LogP contribution in [0.15, 0.2) is 22.7 Å². The van der Waals surface area contributed by atoms with E-state index in [0.29, 0.717) is 12.1 Å². The van der Waals surface area contributed by atoms with E-state index in [4.69, 9.17) is 5.73 Å². The third-order valence-corrected chi connectivity index (χ3v) is 3.71. The quantitative estimate of drug-likeness (QED) is 0.932. The first kappa shape index (κ1) is 13.5. The van der Waals surface area contributed by atoms with Gasteiger partial charge in [0, 0.05) is 29.0 Å². The third kappa shape index (κ3) is 2.42. The lowest BCUT2D eigenvalue weighted by Gasteiger charge is -2.27. The number of carbonyl (C=O) groups is 1. The third-order valence-electron chi connectivity index (χ3n) is 3.21. The lowest BCUT2D eigenvalue weighted by atomic mass is 10.00. The highest BCUT2D eigenvalue weighted by Gasteiger charge is 2.39. The molecule has 1 aliphatic heterocycles. The molecular formula is C13H16BrFN2O. The van der Waals surface area contributed by atoms with Gasteiger partial charge in [0.2, 0.25) is 5.91 Å². The Morgan fingerprint density at radius 3 is 2.94 bits per heavy atom. The minimum atomic E-state index is -0.352. The first-order valence-electron chi connectivity index (χ1n) is 6.04. The minimum absolute atomic E-state index is 0.00808. The van der Waals surface area contributed by atoms with Crippen molar-refractivity contribution in [1.29, 1.82) is 0 Å². The fourth-order valence-electron chi connectivity index (χ4n) is 2.46. The second-order valence-corrected chi connectivity index (χ2v) is 5.48. The van der Waals surface area contributed by atoms with Gasteiger partial charge in [-0.3, -0.25) is 4.79 Å². The van der Waals surface area contributed by atoms with Crippen molar-refractivity contribution in [3.8, 4) is 0 Å². The van der Waals surface area contributed by atoms with Crippen molar-refractivity contribution in [3.05, 3.63) is 34.1 Å². The molecule has 0 saturated carbocycles. The van der Waals surface area contributed by atoms with Gasteiger partial charge in [0.15, 0.2) is 0 Å². The Balaban J connectivity index is 2.40. The molecule has 0 radical (unpaired) electrons. The van der Waals surface area contributed by atoms with E-state index in [-0.39, 0.29) is 30.2 Å². The molecule has 0 aromatic heterocycles. The molecule has 0 spiro atoms. The van der Waals surface area contributed by atoms with Gasteiger partial charge in [-0.1, -0.05) is 22.9 Å². The number of hydrogen-bond donors (Lipinski definition) is 1. The van der Waals surface area contributed by atoms with Crippen molar-refractivity contribution in [2.24, 2.45) is 5.73 Å². The van der Waals surface area contributed by atoms with Gasteiger partial charge in [-0.2, -0.15) is 0 Å². The van der Waals surface area contributed by atoms with Crippen molar-refractivity contribution in [2.75, 3.05) is 6.54 Å². The maximum atomic E-state index is 13.9. The molecule has 5 heteroatoms. The summed E-state index contributed by atoms with van der Waals surface area (Å²) in [5.41, 5.74) is 6.49. The summed E-state index contributed by atoms with van der Waals surface area (Å²) < 4.78 is 14.7. The van der Waals surface area contributed by atoms with Crippen LogP contribution in [-0.2, 0) is 4.79 Å². The summed E-state index contributed by atoms with van der Waals surface area (Å²) in [4.78, 5) is 13.6. The van der Waals surface area contributed by atoms with E-state index >= 15 is 0 Å². The average molecular weight is 315 g/mol. The molecule has 2 N–H and O–H groups in total. The summed E-state index contributed by atoms with van der Waals surface area (Å²) >= 11 is 3.33. The van der Waals surface area contributed by atoms with E-state index in [1.807, 2.05) is 6.92 Å². The van der Waals surface area contributed by atoms with Crippen molar-refractivity contribution in [2.45, 2.75) is 31.8 Å². The van der Waals surface area contributed by atoms with Gasteiger partial charge in [-0.05, 0) is 24.6 Å². The lowest BCUT2D eigenvalue weighted by Crippen LogP contribution is -2.34. The summed E-state index contributed by atoms with van der Waals surface area (Å²) in [6.07, 6.45) is 1.13. The highest BCUT2D eigenvalue weighted by atomic mass is 79.9. The van der Waals surface area contributed by atoms with Crippen LogP contribution >= 0.6 is 15.9 Å². The molecule has 1 saturated heterocycles. The van der Waals surface area contributed by atoms with Crippen LogP contribution in [0.25, 0.3) is 0 Å². The van der Waals surface area contributed by atoms with Crippen molar-refractivity contribution < 1.29 is 9.18 Å². The summed E-state index contributed by atoms with van der Waals surface area (Å²) in [5, 5.41) is 0. The van der Waals surface area contributed by atoms with E-state index < -0.39 is 0 Å². The number of benzene rings is 1. The molecule has 1 amide bonds. The fourth-order valence-corrected chi connectivity index (χ4v) is 2.84. The maximum Gasteiger partial charge on any atom is 0.224 e. The van der Waals surface area contributed by atoms with Crippen LogP contribution in [0.1, 0.15) is 31.4 Å². The second-order valence-electron chi connectivity index (χ2n) is 4.57. The predicted molar refractivity (Wildman–Crippen MR) is 71.4 cm³/mol. The molecule has 2 rings (SSSR count). The van der Waals surface area contributed by atoms with Crippen molar-refractivity contribution in [1.82, 2.24) is 4.90 Å². The van der Waals surface area contributed by atoms with E-state index in [0.717, 1.165) is 10.9 Å². The van der Waals surface area contributed by atoms with E-state index in [1.165, 1.54) is 6.07 Å². The zero-order chi connectivity index (χ0) is 13.3. The molecule has 0 bridgehead atoms. The molecule has 1 heterocycles. The molecule has 18 heavy (non-hydrogen) atoms. The number of halogens is 2. The Morgan fingerprint density at radius 1 is 1.56 bits per heavy atom. The van der Waals surface area contributed by atoms with Gasteiger partial charge in [0.1, 0.15) is 5.82 Å². The van der Waals surface area contributed by atoms with E-state index in [2.05, 4.69) is 15.9 Å². The Morgan fingerprint density at radius 2 is 2.28 bits per heavy atom. The van der Waals surface area contributed by atoms with E-state index in [1.54, 1.807) is 17.0 Å². The van der Waals surface area contributed by atoms with Gasteiger partial charge in [-0.25, -0.2) is 4.39 Å². The topological polar surface area (TPSA) is 46.3 Å². The number of nitrogens with zero attached hydrogens (tertiary/aromatic N) is 1. The van der Waals surface area contributed by atoms with Gasteiger partial charge in [-0.15, -0.1) is 0 Å². The molecule has 1 fully saturated rings. The minimum Gasteiger partial charge on any atom is -0.334 e. The summed E-state index contributed by atoms with van der Waals surface area (Å²) in [7, 11) is 0. The molecule has 1 aromatic carbocycles. The summed E-state index contributed by atoms with van der Waals surface area (Å²) in [6, 6.07) is 4.06. The Bertz CT molecular complexity index is 466. The average Bonchev–Trinajstić information content (AvgIpc) is 2.58. The van der Waals surface area contributed by atoms with Crippen molar-refractivity contribution in [3.63, 3.8) is 0 Å². The Labute approximate surface area is 114 Å². The standard InChI is InChI=1S/C13H16BrFN2O/c1-2-5-17-12(18)7-11(16)13(17)9-6-8(14)3-4-10(9)15/h3-4,6,11,13H,2,5,7,16H2,1H3. The normalized spacial score (nSPS) is 23.8. The van der Waals surface area contributed by atoms with Gasteiger partial charge < -0.3 is 10.6 Å². The Kier molecular flexibility index (Phi) is 4.02. The monoisotopic (exact) mass is 314 g/mol.